The normalized spacial score (nSPS) is 20.9. The minimum absolute atomic E-state index is 0.0416. The number of ether oxygens (including phenoxy) is 1. The maximum Gasteiger partial charge on any atom is 0.326 e. The molecule has 114 valence electrons. The highest BCUT2D eigenvalue weighted by atomic mass is 16.5. The van der Waals surface area contributed by atoms with Crippen LogP contribution in [0.2, 0.25) is 0 Å². The molecule has 2 N–H and O–H groups in total. The zero-order valence-electron chi connectivity index (χ0n) is 11.7. The molecule has 0 amide bonds. The average molecular weight is 295 g/mol. The molecule has 1 fully saturated rings. The Kier molecular flexibility index (Phi) is 4.30. The number of fused-ring (bicyclic) bond motifs is 1. The first kappa shape index (κ1) is 15.1. The summed E-state index contributed by atoms with van der Waals surface area (Å²) in [6.45, 7) is 1.64. The molecule has 0 saturated carbocycles. The first-order valence-electron chi connectivity index (χ1n) is 6.70. The summed E-state index contributed by atoms with van der Waals surface area (Å²) in [6, 6.07) is -0.654. The highest BCUT2D eigenvalue weighted by Crippen LogP contribution is 2.36. The van der Waals surface area contributed by atoms with E-state index in [1.165, 1.54) is 6.92 Å². The fraction of sp³-hybridized carbons (Fsp3) is 0.500. The van der Waals surface area contributed by atoms with Crippen LogP contribution in [0.5, 0.6) is 0 Å². The summed E-state index contributed by atoms with van der Waals surface area (Å²) in [5.74, 6) is -1.98. The number of rotatable bonds is 5. The summed E-state index contributed by atoms with van der Waals surface area (Å²) < 4.78 is 5.15. The largest absolute Gasteiger partial charge is 0.481 e. The van der Waals surface area contributed by atoms with Crippen LogP contribution >= 0.6 is 0 Å². The van der Waals surface area contributed by atoms with E-state index in [-0.39, 0.29) is 6.42 Å². The van der Waals surface area contributed by atoms with Crippen LogP contribution in [0.25, 0.3) is 0 Å². The maximum absolute atomic E-state index is 11.3. The molecule has 0 spiro atoms. The van der Waals surface area contributed by atoms with Gasteiger partial charge in [0, 0.05) is 19.9 Å². The van der Waals surface area contributed by atoms with E-state index in [0.717, 1.165) is 5.57 Å². The summed E-state index contributed by atoms with van der Waals surface area (Å²) in [7, 11) is 0. The molecule has 2 aliphatic rings. The van der Waals surface area contributed by atoms with Gasteiger partial charge in [0.2, 0.25) is 0 Å². The molecule has 2 rings (SSSR count). The second kappa shape index (κ2) is 5.99. The van der Waals surface area contributed by atoms with Crippen molar-refractivity contribution in [3.05, 3.63) is 23.1 Å². The monoisotopic (exact) mass is 295 g/mol. The highest BCUT2D eigenvalue weighted by Gasteiger charge is 2.37. The van der Waals surface area contributed by atoms with Gasteiger partial charge in [0.1, 0.15) is 11.8 Å². The Bertz CT molecular complexity index is 548. The minimum atomic E-state index is -0.924. The van der Waals surface area contributed by atoms with Gasteiger partial charge in [-0.05, 0) is 30.9 Å². The number of nitrogens with zero attached hydrogens (tertiary/aromatic N) is 1. The quantitative estimate of drug-likeness (QED) is 0.732. The van der Waals surface area contributed by atoms with E-state index in [4.69, 9.17) is 9.84 Å². The fourth-order valence-corrected chi connectivity index (χ4v) is 2.68. The van der Waals surface area contributed by atoms with E-state index in [9.17, 15) is 19.5 Å². The van der Waals surface area contributed by atoms with Crippen LogP contribution in [0.15, 0.2) is 23.1 Å². The van der Waals surface area contributed by atoms with E-state index in [2.05, 4.69) is 0 Å². The number of esters is 1. The third-order valence-electron chi connectivity index (χ3n) is 3.57. The van der Waals surface area contributed by atoms with Crippen molar-refractivity contribution in [2.75, 3.05) is 6.54 Å². The zero-order chi connectivity index (χ0) is 15.6. The number of carbonyl (C=O) groups excluding carboxylic acids is 1. The minimum Gasteiger partial charge on any atom is -0.481 e. The van der Waals surface area contributed by atoms with Gasteiger partial charge < -0.3 is 19.8 Å². The van der Waals surface area contributed by atoms with Crippen molar-refractivity contribution in [1.82, 2.24) is 4.90 Å². The molecular weight excluding hydrogens is 278 g/mol. The number of carboxylic acids is 2. The van der Waals surface area contributed by atoms with Crippen molar-refractivity contribution in [1.29, 1.82) is 0 Å². The topological polar surface area (TPSA) is 104 Å². The lowest BCUT2D eigenvalue weighted by Crippen LogP contribution is -2.38. The predicted octanol–water partition coefficient (Wildman–Crippen LogP) is 1.11. The molecule has 0 aromatic rings. The molecule has 0 bridgehead atoms. The van der Waals surface area contributed by atoms with Crippen LogP contribution in [0.4, 0.5) is 0 Å². The molecule has 2 heterocycles. The van der Waals surface area contributed by atoms with Gasteiger partial charge in [-0.2, -0.15) is 0 Å². The third kappa shape index (κ3) is 3.42. The van der Waals surface area contributed by atoms with Crippen LogP contribution in [-0.4, -0.2) is 45.6 Å². The Morgan fingerprint density at radius 3 is 2.67 bits per heavy atom. The fourth-order valence-electron chi connectivity index (χ4n) is 2.68. The molecule has 7 nitrogen and oxygen atoms in total. The first-order chi connectivity index (χ1) is 9.88. The highest BCUT2D eigenvalue weighted by molar-refractivity contribution is 5.75. The van der Waals surface area contributed by atoms with Crippen molar-refractivity contribution in [2.24, 2.45) is 0 Å². The average Bonchev–Trinajstić information content (AvgIpc) is 2.79. The van der Waals surface area contributed by atoms with Gasteiger partial charge in [0.15, 0.2) is 0 Å². The van der Waals surface area contributed by atoms with Crippen LogP contribution in [0, 0.1) is 0 Å². The summed E-state index contributed by atoms with van der Waals surface area (Å²) in [4.78, 5) is 34.8. The van der Waals surface area contributed by atoms with Crippen molar-refractivity contribution >= 4 is 17.9 Å². The van der Waals surface area contributed by atoms with Crippen molar-refractivity contribution in [3.8, 4) is 0 Å². The van der Waals surface area contributed by atoms with E-state index in [1.54, 1.807) is 11.0 Å². The molecule has 1 atom stereocenters. The van der Waals surface area contributed by atoms with Crippen LogP contribution in [0.1, 0.15) is 32.6 Å². The second-order valence-corrected chi connectivity index (χ2v) is 5.12. The summed E-state index contributed by atoms with van der Waals surface area (Å²) in [6.07, 6.45) is 2.91. The molecule has 0 aliphatic carbocycles. The Balaban J connectivity index is 2.26. The lowest BCUT2D eigenvalue weighted by Gasteiger charge is -2.30. The van der Waals surface area contributed by atoms with Gasteiger partial charge in [0.25, 0.3) is 0 Å². The Morgan fingerprint density at radius 1 is 1.38 bits per heavy atom. The lowest BCUT2D eigenvalue weighted by molar-refractivity contribution is -0.142. The molecule has 0 aromatic carbocycles. The van der Waals surface area contributed by atoms with Gasteiger partial charge in [-0.3, -0.25) is 9.59 Å². The van der Waals surface area contributed by atoms with Crippen LogP contribution < -0.4 is 0 Å². The summed E-state index contributed by atoms with van der Waals surface area (Å²) >= 11 is 0. The van der Waals surface area contributed by atoms with Gasteiger partial charge in [-0.1, -0.05) is 0 Å². The van der Waals surface area contributed by atoms with E-state index in [1.807, 2.05) is 0 Å². The van der Waals surface area contributed by atoms with Crippen LogP contribution in [0.3, 0.4) is 0 Å². The van der Waals surface area contributed by atoms with Gasteiger partial charge in [-0.25, -0.2) is 4.79 Å². The standard InChI is InChI=1S/C14H17NO6/c1-8(16)21-12-6-9(2-5-13(17)18)7-15-10(12)3-4-11(15)14(19)20/h6,11H,2-5,7H2,1H3,(H,17,18)(H,19,20). The Morgan fingerprint density at radius 2 is 2.10 bits per heavy atom. The van der Waals surface area contributed by atoms with Crippen molar-refractivity contribution in [3.63, 3.8) is 0 Å². The Labute approximate surface area is 121 Å². The van der Waals surface area contributed by atoms with E-state index < -0.39 is 23.9 Å². The second-order valence-electron chi connectivity index (χ2n) is 5.12. The molecular formula is C14H17NO6. The summed E-state index contributed by atoms with van der Waals surface area (Å²) in [5, 5.41) is 18.0. The number of aliphatic carboxylic acids is 2. The van der Waals surface area contributed by atoms with Gasteiger partial charge in [-0.15, -0.1) is 0 Å². The van der Waals surface area contributed by atoms with Crippen LogP contribution in [-0.2, 0) is 19.1 Å². The number of hydrogen-bond acceptors (Lipinski definition) is 5. The first-order valence-corrected chi connectivity index (χ1v) is 6.70. The van der Waals surface area contributed by atoms with E-state index >= 15 is 0 Å². The number of allylic oxidation sites excluding steroid dienone is 2. The summed E-state index contributed by atoms with van der Waals surface area (Å²) in [5.41, 5.74) is 1.46. The maximum atomic E-state index is 11.3. The molecule has 1 unspecified atom stereocenters. The van der Waals surface area contributed by atoms with Crippen molar-refractivity contribution in [2.45, 2.75) is 38.6 Å². The lowest BCUT2D eigenvalue weighted by atomic mass is 10.0. The number of carboxylic acid groups (broad SMARTS) is 2. The smallest absolute Gasteiger partial charge is 0.326 e. The Hall–Kier alpha value is -2.31. The molecule has 21 heavy (non-hydrogen) atoms. The molecule has 1 saturated heterocycles. The third-order valence-corrected chi connectivity index (χ3v) is 3.57. The van der Waals surface area contributed by atoms with Gasteiger partial charge >= 0.3 is 17.9 Å². The molecule has 2 aliphatic heterocycles. The SMILES string of the molecule is CC(=O)OC1=C2CCC(C(=O)O)N2CC(CCC(=O)O)=C1. The van der Waals surface area contributed by atoms with Crippen molar-refractivity contribution < 1.29 is 29.3 Å². The molecule has 7 heteroatoms. The molecule has 0 radical (unpaired) electrons. The zero-order valence-corrected chi connectivity index (χ0v) is 11.7. The van der Waals surface area contributed by atoms with E-state index in [0.29, 0.717) is 37.3 Å². The number of carbonyl (C=O) groups is 3. The van der Waals surface area contributed by atoms with Gasteiger partial charge in [0.05, 0.1) is 5.70 Å². The number of hydrogen-bond donors (Lipinski definition) is 2. The molecule has 0 aromatic heterocycles. The predicted molar refractivity (Wildman–Crippen MR) is 71.1 cm³/mol.